The molecule has 0 unspecified atom stereocenters. The Balaban J connectivity index is 1.73. The Kier molecular flexibility index (Phi) is 6.75. The molecule has 0 spiro atoms. The Bertz CT molecular complexity index is 1180. The van der Waals surface area contributed by atoms with E-state index in [-0.39, 0.29) is 16.5 Å². The molecule has 1 aliphatic heterocycles. The molecule has 3 atom stereocenters. The second-order valence-corrected chi connectivity index (χ2v) is 9.82. The van der Waals surface area contributed by atoms with Gasteiger partial charge in [-0.15, -0.1) is 0 Å². The van der Waals surface area contributed by atoms with E-state index >= 15 is 0 Å². The molecule has 2 aliphatic rings. The van der Waals surface area contributed by atoms with E-state index in [4.69, 9.17) is 23.2 Å². The van der Waals surface area contributed by atoms with Crippen molar-refractivity contribution in [2.75, 3.05) is 6.54 Å². The number of ketones is 1. The third kappa shape index (κ3) is 4.50. The number of nitrogens with zero attached hydrogens (tertiary/aromatic N) is 2. The number of carbonyl (C=O) groups excluding carboxylic acids is 4. The number of carbonyl (C=O) groups is 4. The number of hydrazine groups is 1. The van der Waals surface area contributed by atoms with Crippen LogP contribution in [0.4, 0.5) is 0 Å². The molecule has 4 rings (SSSR count). The number of rotatable bonds is 5. The molecule has 1 heterocycles. The Morgan fingerprint density at radius 2 is 1.79 bits per heavy atom. The predicted molar refractivity (Wildman–Crippen MR) is 128 cm³/mol. The lowest BCUT2D eigenvalue weighted by Gasteiger charge is -2.30. The van der Waals surface area contributed by atoms with E-state index in [1.54, 1.807) is 24.3 Å². The van der Waals surface area contributed by atoms with Gasteiger partial charge in [-0.3, -0.25) is 19.2 Å². The molecular weight excluding hydrogens is 531 g/mol. The van der Waals surface area contributed by atoms with Gasteiger partial charge in [-0.1, -0.05) is 70.3 Å². The molecule has 6 nitrogen and oxygen atoms in total. The van der Waals surface area contributed by atoms with Crippen molar-refractivity contribution in [3.05, 3.63) is 80.3 Å². The van der Waals surface area contributed by atoms with E-state index in [0.29, 0.717) is 17.0 Å². The molecule has 2 aromatic carbocycles. The van der Waals surface area contributed by atoms with Gasteiger partial charge in [-0.05, 0) is 42.7 Å². The molecule has 0 saturated carbocycles. The number of Topliss-reactive ketones (excluding diaryl/α,β-unsaturated/α-hetero) is 1. The van der Waals surface area contributed by atoms with Crippen LogP contribution in [0.2, 0.25) is 10.0 Å². The van der Waals surface area contributed by atoms with E-state index in [2.05, 4.69) is 15.9 Å². The summed E-state index contributed by atoms with van der Waals surface area (Å²) in [6.45, 7) is 1.36. The van der Waals surface area contributed by atoms with Crippen molar-refractivity contribution in [2.24, 2.45) is 17.8 Å². The Hall–Kier alpha value is -2.48. The zero-order valence-electron chi connectivity index (χ0n) is 17.5. The first-order valence-corrected chi connectivity index (χ1v) is 11.8. The first-order chi connectivity index (χ1) is 15.7. The van der Waals surface area contributed by atoms with Crippen LogP contribution in [-0.4, -0.2) is 40.1 Å². The van der Waals surface area contributed by atoms with E-state index in [9.17, 15) is 19.2 Å². The number of fused-ring (bicyclic) bond motifs is 1. The molecule has 0 bridgehead atoms. The Labute approximate surface area is 209 Å². The lowest BCUT2D eigenvalue weighted by molar-refractivity contribution is -0.154. The van der Waals surface area contributed by atoms with Crippen molar-refractivity contribution >= 4 is 62.6 Å². The van der Waals surface area contributed by atoms with Crippen molar-refractivity contribution in [2.45, 2.75) is 13.3 Å². The number of imide groups is 1. The van der Waals surface area contributed by atoms with E-state index < -0.39 is 41.9 Å². The normalized spacial score (nSPS) is 21.8. The average Bonchev–Trinajstić information content (AvgIpc) is 3.03. The average molecular weight is 550 g/mol. The number of hydrogen-bond acceptors (Lipinski definition) is 4. The van der Waals surface area contributed by atoms with Gasteiger partial charge < -0.3 is 0 Å². The van der Waals surface area contributed by atoms with Crippen LogP contribution in [0.3, 0.4) is 0 Å². The Morgan fingerprint density at radius 3 is 2.42 bits per heavy atom. The van der Waals surface area contributed by atoms with Gasteiger partial charge in [-0.25, -0.2) is 5.01 Å². The third-order valence-electron chi connectivity index (χ3n) is 5.95. The summed E-state index contributed by atoms with van der Waals surface area (Å²) in [4.78, 5) is 53.2. The minimum atomic E-state index is -0.733. The summed E-state index contributed by atoms with van der Waals surface area (Å²) in [6.07, 6.45) is 4.17. The van der Waals surface area contributed by atoms with E-state index in [0.717, 1.165) is 14.5 Å². The van der Waals surface area contributed by atoms with E-state index in [1.807, 2.05) is 19.1 Å². The number of allylic oxidation sites excluding steroid dienone is 2. The molecule has 3 amide bonds. The zero-order valence-corrected chi connectivity index (χ0v) is 20.6. The highest BCUT2D eigenvalue weighted by molar-refractivity contribution is 9.10. The third-order valence-corrected chi connectivity index (χ3v) is 7.02. The highest BCUT2D eigenvalue weighted by Gasteiger charge is 2.53. The second kappa shape index (κ2) is 9.41. The van der Waals surface area contributed by atoms with Gasteiger partial charge in [0.1, 0.15) is 6.54 Å². The number of benzene rings is 2. The molecule has 0 N–H and O–H groups in total. The van der Waals surface area contributed by atoms with Crippen molar-refractivity contribution in [3.63, 3.8) is 0 Å². The van der Waals surface area contributed by atoms with Crippen LogP contribution in [0.15, 0.2) is 59.1 Å². The van der Waals surface area contributed by atoms with Crippen molar-refractivity contribution in [1.29, 1.82) is 0 Å². The maximum absolute atomic E-state index is 13.5. The van der Waals surface area contributed by atoms with Gasteiger partial charge in [0.25, 0.3) is 17.7 Å². The lowest BCUT2D eigenvalue weighted by Crippen LogP contribution is -2.52. The molecule has 0 aromatic heterocycles. The van der Waals surface area contributed by atoms with Crippen LogP contribution in [0.5, 0.6) is 0 Å². The van der Waals surface area contributed by atoms with Crippen LogP contribution in [0, 0.1) is 17.8 Å². The molecule has 9 heteroatoms. The fourth-order valence-electron chi connectivity index (χ4n) is 4.27. The number of amides is 3. The van der Waals surface area contributed by atoms with Crippen LogP contribution >= 0.6 is 39.1 Å². The molecule has 33 heavy (non-hydrogen) atoms. The predicted octanol–water partition coefficient (Wildman–Crippen LogP) is 5.19. The number of hydrogen-bond donors (Lipinski definition) is 0. The van der Waals surface area contributed by atoms with Gasteiger partial charge in [0.15, 0.2) is 5.78 Å². The highest BCUT2D eigenvalue weighted by Crippen LogP contribution is 2.39. The number of halogens is 3. The topological polar surface area (TPSA) is 74.8 Å². The molecule has 1 aliphatic carbocycles. The minimum absolute atomic E-state index is 0.0336. The minimum Gasteiger partial charge on any atom is -0.292 e. The largest absolute Gasteiger partial charge is 0.292 e. The van der Waals surface area contributed by atoms with Gasteiger partial charge in [0.05, 0.1) is 22.4 Å². The van der Waals surface area contributed by atoms with Gasteiger partial charge in [0, 0.05) is 15.1 Å². The van der Waals surface area contributed by atoms with Gasteiger partial charge in [-0.2, -0.15) is 5.01 Å². The van der Waals surface area contributed by atoms with E-state index in [1.165, 1.54) is 18.2 Å². The monoisotopic (exact) mass is 548 g/mol. The summed E-state index contributed by atoms with van der Waals surface area (Å²) in [7, 11) is 0. The van der Waals surface area contributed by atoms with Crippen LogP contribution in [0.1, 0.15) is 34.1 Å². The Morgan fingerprint density at radius 1 is 1.09 bits per heavy atom. The molecule has 2 aromatic rings. The summed E-state index contributed by atoms with van der Waals surface area (Å²) in [5.74, 6) is -3.47. The standard InChI is InChI=1S/C24H19BrCl2N2O4/c1-13-3-2-4-18-21(13)24(33)29(23(18)32)28(12-20(30)14-5-7-15(25)8-6-14)22(31)17-10-9-16(26)11-19(17)27/h2-3,5-11,13,18,21H,4,12H2,1H3/t13-,18+,21+/m1/s1. The van der Waals surface area contributed by atoms with Crippen LogP contribution in [0.25, 0.3) is 0 Å². The van der Waals surface area contributed by atoms with Gasteiger partial charge in [0.2, 0.25) is 0 Å². The summed E-state index contributed by atoms with van der Waals surface area (Å²) >= 11 is 15.5. The van der Waals surface area contributed by atoms with Gasteiger partial charge >= 0.3 is 0 Å². The fraction of sp³-hybridized carbons (Fsp3) is 0.250. The summed E-state index contributed by atoms with van der Waals surface area (Å²) < 4.78 is 0.787. The SMILES string of the molecule is C[C@@H]1C=CC[C@@H]2C(=O)N(N(CC(=O)c3ccc(Br)cc3)C(=O)c3ccc(Cl)cc3Cl)C(=O)[C@@H]12. The quantitative estimate of drug-likeness (QED) is 0.292. The summed E-state index contributed by atoms with van der Waals surface area (Å²) in [5, 5.41) is 2.13. The van der Waals surface area contributed by atoms with Crippen LogP contribution in [-0.2, 0) is 9.59 Å². The molecule has 1 fully saturated rings. The smallest absolute Gasteiger partial charge is 0.274 e. The van der Waals surface area contributed by atoms with Crippen molar-refractivity contribution < 1.29 is 19.2 Å². The first kappa shape index (κ1) is 23.7. The molecular formula is C24H19BrCl2N2O4. The zero-order chi connectivity index (χ0) is 23.9. The summed E-state index contributed by atoms with van der Waals surface area (Å²) in [6, 6.07) is 10.9. The van der Waals surface area contributed by atoms with Crippen molar-refractivity contribution in [3.8, 4) is 0 Å². The lowest BCUT2D eigenvalue weighted by atomic mass is 9.78. The molecule has 1 saturated heterocycles. The maximum Gasteiger partial charge on any atom is 0.274 e. The van der Waals surface area contributed by atoms with Crippen LogP contribution < -0.4 is 0 Å². The second-order valence-electron chi connectivity index (χ2n) is 8.06. The first-order valence-electron chi connectivity index (χ1n) is 10.3. The highest BCUT2D eigenvalue weighted by atomic mass is 79.9. The van der Waals surface area contributed by atoms with Crippen molar-refractivity contribution in [1.82, 2.24) is 10.0 Å². The molecule has 0 radical (unpaired) electrons. The summed E-state index contributed by atoms with van der Waals surface area (Å²) in [5.41, 5.74) is 0.371. The molecule has 170 valence electrons. The fourth-order valence-corrected chi connectivity index (χ4v) is 5.02. The maximum atomic E-state index is 13.5.